The Labute approximate surface area is 373 Å². The molecule has 0 spiro atoms. The first kappa shape index (κ1) is 39.0. The minimum atomic E-state index is -0.211. The van der Waals surface area contributed by atoms with Gasteiger partial charge in [0.2, 0.25) is 0 Å². The van der Waals surface area contributed by atoms with Gasteiger partial charge in [0.05, 0.1) is 0 Å². The van der Waals surface area contributed by atoms with Crippen LogP contribution in [0.3, 0.4) is 0 Å². The highest BCUT2D eigenvalue weighted by atomic mass is 15.1. The highest BCUT2D eigenvalue weighted by molar-refractivity contribution is 6.16. The van der Waals surface area contributed by atoms with E-state index in [1.807, 2.05) is 0 Å². The minimum Gasteiger partial charge on any atom is -0.310 e. The lowest BCUT2D eigenvalue weighted by Crippen LogP contribution is -2.17. The van der Waals surface area contributed by atoms with Gasteiger partial charge in [0, 0.05) is 45.0 Å². The molecular weight excluding hydrogens is 761 g/mol. The number of anilines is 6. The van der Waals surface area contributed by atoms with E-state index in [1.54, 1.807) is 0 Å². The van der Waals surface area contributed by atoms with Crippen LogP contribution in [0.5, 0.6) is 0 Å². The number of hydrogen-bond acceptors (Lipinski definition) is 2. The van der Waals surface area contributed by atoms with Crippen LogP contribution in [0.4, 0.5) is 34.1 Å². The molecule has 2 aliphatic rings. The average molecular weight is 815 g/mol. The fourth-order valence-electron chi connectivity index (χ4n) is 11.5. The van der Waals surface area contributed by atoms with Gasteiger partial charge in [0.15, 0.2) is 0 Å². The Morgan fingerprint density at radius 3 is 1.19 bits per heavy atom. The van der Waals surface area contributed by atoms with Crippen molar-refractivity contribution in [3.8, 4) is 22.3 Å². The summed E-state index contributed by atoms with van der Waals surface area (Å²) in [5.74, 6) is 0. The Bertz CT molecular complexity index is 3230. The molecule has 0 aliphatic heterocycles. The Kier molecular flexibility index (Phi) is 8.70. The SMILES string of the molecule is Cc1cc(N(c2ccccc2)c2ccccc2)cc2c1-c1cc3c(C)c(C)c4c(C)c5c(cc4c3cc1C2(C)C)C(C)(C)c1cc(N(c2ccccc2)c2ccccc2)cc(C)c1-5. The Morgan fingerprint density at radius 2 is 0.714 bits per heavy atom. The van der Waals surface area contributed by atoms with Crippen LogP contribution >= 0.6 is 0 Å². The lowest BCUT2D eigenvalue weighted by molar-refractivity contribution is 0.660. The van der Waals surface area contributed by atoms with Crippen LogP contribution in [-0.2, 0) is 10.8 Å². The summed E-state index contributed by atoms with van der Waals surface area (Å²) >= 11 is 0. The molecule has 0 N–H and O–H groups in total. The van der Waals surface area contributed by atoms with E-state index in [0.29, 0.717) is 0 Å². The summed E-state index contributed by atoms with van der Waals surface area (Å²) in [6.07, 6.45) is 0. The van der Waals surface area contributed by atoms with Crippen LogP contribution in [0.2, 0.25) is 0 Å². The second-order valence-electron chi connectivity index (χ2n) is 19.2. The highest BCUT2D eigenvalue weighted by Gasteiger charge is 2.41. The molecule has 0 atom stereocenters. The molecule has 0 saturated heterocycles. The van der Waals surface area contributed by atoms with Gasteiger partial charge in [0.25, 0.3) is 0 Å². The third-order valence-electron chi connectivity index (χ3n) is 14.8. The van der Waals surface area contributed by atoms with E-state index < -0.39 is 0 Å². The van der Waals surface area contributed by atoms with E-state index in [2.05, 4.69) is 236 Å². The molecule has 9 aromatic carbocycles. The lowest BCUT2D eigenvalue weighted by atomic mass is 9.78. The number of para-hydroxylation sites is 4. The number of benzene rings is 9. The number of nitrogens with zero attached hydrogens (tertiary/aromatic N) is 2. The molecule has 0 fully saturated rings. The maximum atomic E-state index is 2.58. The summed E-state index contributed by atoms with van der Waals surface area (Å²) in [4.78, 5) is 4.81. The van der Waals surface area contributed by atoms with Crippen molar-refractivity contribution >= 4 is 55.7 Å². The van der Waals surface area contributed by atoms with Crippen LogP contribution in [-0.4, -0.2) is 0 Å². The third kappa shape index (κ3) is 5.70. The zero-order chi connectivity index (χ0) is 43.5. The Balaban J connectivity index is 1.09. The number of hydrogen-bond donors (Lipinski definition) is 0. The van der Waals surface area contributed by atoms with Crippen LogP contribution < -0.4 is 9.80 Å². The van der Waals surface area contributed by atoms with Gasteiger partial charge in [-0.15, -0.1) is 0 Å². The van der Waals surface area contributed by atoms with Crippen LogP contribution in [0.1, 0.15) is 77.8 Å². The fraction of sp³-hybridized carbons (Fsp3) is 0.180. The summed E-state index contributed by atoms with van der Waals surface area (Å²) in [7, 11) is 0. The second-order valence-corrected chi connectivity index (χ2v) is 19.2. The summed E-state index contributed by atoms with van der Waals surface area (Å²) in [5.41, 5.74) is 24.5. The van der Waals surface area contributed by atoms with Gasteiger partial charge in [-0.25, -0.2) is 0 Å². The third-order valence-corrected chi connectivity index (χ3v) is 14.8. The summed E-state index contributed by atoms with van der Waals surface area (Å²) in [6.45, 7) is 21.5. The van der Waals surface area contributed by atoms with Crippen molar-refractivity contribution < 1.29 is 0 Å². The molecule has 2 nitrogen and oxygen atoms in total. The smallest absolute Gasteiger partial charge is 0.0467 e. The number of fused-ring (bicyclic) bond motifs is 9. The Hall–Kier alpha value is -6.90. The summed E-state index contributed by atoms with van der Waals surface area (Å²) in [6, 6.07) is 60.6. The molecule has 308 valence electrons. The molecular formula is C61H54N2. The van der Waals surface area contributed by atoms with E-state index in [-0.39, 0.29) is 10.8 Å². The van der Waals surface area contributed by atoms with E-state index in [9.17, 15) is 0 Å². The van der Waals surface area contributed by atoms with Crippen LogP contribution in [0.15, 0.2) is 164 Å². The average Bonchev–Trinajstić information content (AvgIpc) is 3.66. The van der Waals surface area contributed by atoms with E-state index in [1.165, 1.54) is 105 Å². The predicted octanol–water partition coefficient (Wildman–Crippen LogP) is 17.1. The molecule has 0 saturated carbocycles. The summed E-state index contributed by atoms with van der Waals surface area (Å²) < 4.78 is 0. The molecule has 0 unspecified atom stereocenters. The first-order chi connectivity index (χ1) is 30.4. The first-order valence-electron chi connectivity index (χ1n) is 22.5. The molecule has 0 aromatic heterocycles. The predicted molar refractivity (Wildman–Crippen MR) is 270 cm³/mol. The van der Waals surface area contributed by atoms with Gasteiger partial charge in [-0.3, -0.25) is 0 Å². The van der Waals surface area contributed by atoms with E-state index >= 15 is 0 Å². The maximum absolute atomic E-state index is 2.58. The van der Waals surface area contributed by atoms with Crippen molar-refractivity contribution in [2.45, 2.75) is 73.1 Å². The molecule has 2 aliphatic carbocycles. The van der Waals surface area contributed by atoms with Crippen molar-refractivity contribution in [1.82, 2.24) is 0 Å². The molecule has 0 radical (unpaired) electrons. The van der Waals surface area contributed by atoms with E-state index in [0.717, 1.165) is 22.7 Å². The molecule has 0 heterocycles. The van der Waals surface area contributed by atoms with Crippen molar-refractivity contribution in [3.05, 3.63) is 214 Å². The van der Waals surface area contributed by atoms with Gasteiger partial charge < -0.3 is 9.80 Å². The monoisotopic (exact) mass is 814 g/mol. The molecule has 63 heavy (non-hydrogen) atoms. The quantitative estimate of drug-likeness (QED) is 0.154. The zero-order valence-corrected chi connectivity index (χ0v) is 38.0. The highest BCUT2D eigenvalue weighted by Crippen LogP contribution is 2.58. The largest absolute Gasteiger partial charge is 0.310 e. The van der Waals surface area contributed by atoms with Crippen LogP contribution in [0.25, 0.3) is 43.8 Å². The molecule has 0 amide bonds. The van der Waals surface area contributed by atoms with Gasteiger partial charge in [0.1, 0.15) is 0 Å². The van der Waals surface area contributed by atoms with Crippen molar-refractivity contribution in [2.75, 3.05) is 9.80 Å². The topological polar surface area (TPSA) is 6.48 Å². The van der Waals surface area contributed by atoms with Crippen molar-refractivity contribution in [1.29, 1.82) is 0 Å². The van der Waals surface area contributed by atoms with Gasteiger partial charge in [-0.2, -0.15) is 0 Å². The Morgan fingerprint density at radius 1 is 0.317 bits per heavy atom. The number of aryl methyl sites for hydroxylation is 5. The van der Waals surface area contributed by atoms with E-state index in [4.69, 9.17) is 0 Å². The minimum absolute atomic E-state index is 0.206. The molecule has 2 heteroatoms. The zero-order valence-electron chi connectivity index (χ0n) is 38.0. The van der Waals surface area contributed by atoms with Gasteiger partial charge in [-0.1, -0.05) is 100 Å². The van der Waals surface area contributed by atoms with Gasteiger partial charge >= 0.3 is 0 Å². The number of rotatable bonds is 6. The van der Waals surface area contributed by atoms with Crippen molar-refractivity contribution in [2.24, 2.45) is 0 Å². The summed E-state index contributed by atoms with van der Waals surface area (Å²) in [5, 5.41) is 5.47. The molecule has 9 aromatic rings. The normalized spacial score (nSPS) is 14.0. The lowest BCUT2D eigenvalue weighted by Gasteiger charge is -2.29. The fourth-order valence-corrected chi connectivity index (χ4v) is 11.5. The second kappa shape index (κ2) is 14.1. The van der Waals surface area contributed by atoms with Crippen molar-refractivity contribution in [3.63, 3.8) is 0 Å². The van der Waals surface area contributed by atoms with Gasteiger partial charge in [-0.05, 0) is 219 Å². The molecule has 0 bridgehead atoms. The van der Waals surface area contributed by atoms with Crippen LogP contribution in [0, 0.1) is 34.6 Å². The first-order valence-corrected chi connectivity index (χ1v) is 22.5. The standard InChI is InChI=1S/C61H54N2/c1-37-30-46(62(42-22-14-10-15-23-42)43-24-16-11-17-25-43)32-53-56(37)51-34-48-39(3)40(4)58-41(5)59-55(36-50(58)49(48)35-52(51)60(53,6)7)61(8,9)54-33-47(31-38(2)57(54)59)63(44-26-18-12-19-27-44)45-28-20-13-21-29-45/h10-36H,1-9H3. The maximum Gasteiger partial charge on any atom is 0.0467 e. The molecule has 11 rings (SSSR count).